The number of nitrogens with zero attached hydrogens (tertiary/aromatic N) is 1. The van der Waals surface area contributed by atoms with E-state index in [2.05, 4.69) is 15.5 Å². The number of hydrogen-bond donors (Lipinski definition) is 3. The summed E-state index contributed by atoms with van der Waals surface area (Å²) >= 11 is 0. The fourth-order valence-corrected chi connectivity index (χ4v) is 2.25. The Bertz CT molecular complexity index is 666. The van der Waals surface area contributed by atoms with Crippen LogP contribution < -0.4 is 5.32 Å². The third kappa shape index (κ3) is 2.35. The number of nitrogens with one attached hydrogen (secondary N) is 2. The third-order valence-electron chi connectivity index (χ3n) is 3.30. The van der Waals surface area contributed by atoms with Crippen molar-refractivity contribution in [1.82, 2.24) is 10.2 Å². The number of H-pyrrole nitrogens is 1. The smallest absolute Gasteiger partial charge is 0.332 e. The summed E-state index contributed by atoms with van der Waals surface area (Å²) in [5.74, 6) is -1.35. The van der Waals surface area contributed by atoms with E-state index >= 15 is 0 Å². The third-order valence-corrected chi connectivity index (χ3v) is 3.30. The van der Waals surface area contributed by atoms with Crippen molar-refractivity contribution in [3.05, 3.63) is 24.4 Å². The van der Waals surface area contributed by atoms with Gasteiger partial charge in [-0.1, -0.05) is 0 Å². The lowest BCUT2D eigenvalue weighted by Gasteiger charge is -2.11. The molecule has 104 valence electrons. The zero-order valence-electron chi connectivity index (χ0n) is 10.5. The molecule has 2 atom stereocenters. The highest BCUT2D eigenvalue weighted by Crippen LogP contribution is 2.22. The van der Waals surface area contributed by atoms with Crippen LogP contribution in [0.15, 0.2) is 24.4 Å². The number of carboxylic acid groups (broad SMARTS) is 1. The average Bonchev–Trinajstić information content (AvgIpc) is 3.07. The number of carbonyl (C=O) groups is 2. The highest BCUT2D eigenvalue weighted by molar-refractivity contribution is 5.96. The maximum atomic E-state index is 12.0. The van der Waals surface area contributed by atoms with Crippen molar-refractivity contribution in [1.29, 1.82) is 0 Å². The number of fused-ring (bicyclic) bond motifs is 1. The molecular weight excluding hydrogens is 262 g/mol. The van der Waals surface area contributed by atoms with Gasteiger partial charge in [0.2, 0.25) is 0 Å². The predicted octanol–water partition coefficient (Wildman–Crippen LogP) is 1.13. The largest absolute Gasteiger partial charge is 0.479 e. The molecule has 3 N–H and O–H groups in total. The van der Waals surface area contributed by atoms with Crippen LogP contribution in [0.3, 0.4) is 0 Å². The Balaban J connectivity index is 1.68. The number of carboxylic acids is 1. The van der Waals surface area contributed by atoms with Crippen LogP contribution in [0, 0.1) is 0 Å². The van der Waals surface area contributed by atoms with Crippen LogP contribution in [0.2, 0.25) is 0 Å². The fraction of sp³-hybridized carbons (Fsp3) is 0.308. The molecule has 7 nitrogen and oxygen atoms in total. The molecule has 2 aromatic rings. The van der Waals surface area contributed by atoms with Crippen molar-refractivity contribution in [3.63, 3.8) is 0 Å². The van der Waals surface area contributed by atoms with E-state index in [9.17, 15) is 9.59 Å². The Kier molecular flexibility index (Phi) is 3.11. The van der Waals surface area contributed by atoms with Gasteiger partial charge in [0.1, 0.15) is 6.10 Å². The number of aromatic nitrogens is 2. The number of ether oxygens (including phenoxy) is 1. The lowest BCUT2D eigenvalue weighted by Crippen LogP contribution is -2.29. The topological polar surface area (TPSA) is 104 Å². The van der Waals surface area contributed by atoms with Crippen LogP contribution in [0.5, 0.6) is 0 Å². The first-order valence-electron chi connectivity index (χ1n) is 6.26. The Morgan fingerprint density at radius 2 is 2.15 bits per heavy atom. The quantitative estimate of drug-likeness (QED) is 0.779. The van der Waals surface area contributed by atoms with Gasteiger partial charge < -0.3 is 15.2 Å². The monoisotopic (exact) mass is 275 g/mol. The van der Waals surface area contributed by atoms with Crippen molar-refractivity contribution in [2.75, 3.05) is 5.32 Å². The highest BCUT2D eigenvalue weighted by Gasteiger charge is 2.34. The zero-order chi connectivity index (χ0) is 14.1. The van der Waals surface area contributed by atoms with Crippen LogP contribution in [-0.4, -0.2) is 39.4 Å². The normalized spacial score (nSPS) is 22.0. The molecule has 20 heavy (non-hydrogen) atoms. The lowest BCUT2D eigenvalue weighted by atomic mass is 10.2. The minimum atomic E-state index is -1.03. The average molecular weight is 275 g/mol. The standard InChI is InChI=1S/C13H13N3O4/c17-12(10-3-4-11(20-10)13(18)19)15-8-1-2-9-7(5-8)6-14-16-9/h1-2,5-6,10-11H,3-4H2,(H,14,16)(H,15,17)(H,18,19). The van der Waals surface area contributed by atoms with Gasteiger partial charge in [-0.3, -0.25) is 9.89 Å². The van der Waals surface area contributed by atoms with Gasteiger partial charge in [-0.15, -0.1) is 0 Å². The number of carbonyl (C=O) groups excluding carboxylic acids is 1. The number of rotatable bonds is 3. The molecule has 1 aliphatic rings. The maximum Gasteiger partial charge on any atom is 0.332 e. The first kappa shape index (κ1) is 12.6. The molecule has 2 unspecified atom stereocenters. The second-order valence-electron chi connectivity index (χ2n) is 4.69. The van der Waals surface area contributed by atoms with Gasteiger partial charge in [-0.25, -0.2) is 4.79 Å². The van der Waals surface area contributed by atoms with E-state index < -0.39 is 18.2 Å². The van der Waals surface area contributed by atoms with Gasteiger partial charge >= 0.3 is 5.97 Å². The number of anilines is 1. The van der Waals surface area contributed by atoms with Crippen LogP contribution in [0.4, 0.5) is 5.69 Å². The molecule has 0 spiro atoms. The molecule has 0 bridgehead atoms. The van der Waals surface area contributed by atoms with Crippen LogP contribution in [0.25, 0.3) is 10.9 Å². The molecule has 0 saturated carbocycles. The SMILES string of the molecule is O=C(O)C1CCC(C(=O)Nc2ccc3[nH]ncc3c2)O1. The van der Waals surface area contributed by atoms with Gasteiger partial charge in [0.15, 0.2) is 6.10 Å². The number of aliphatic carboxylic acids is 1. The van der Waals surface area contributed by atoms with Crippen molar-refractivity contribution in [2.45, 2.75) is 25.0 Å². The predicted molar refractivity (Wildman–Crippen MR) is 70.3 cm³/mol. The summed E-state index contributed by atoms with van der Waals surface area (Å²) in [6.45, 7) is 0. The van der Waals surface area contributed by atoms with E-state index in [-0.39, 0.29) is 5.91 Å². The summed E-state index contributed by atoms with van der Waals surface area (Å²) in [6, 6.07) is 5.36. The molecule has 1 fully saturated rings. The van der Waals surface area contributed by atoms with Gasteiger partial charge in [-0.05, 0) is 31.0 Å². The molecule has 1 aliphatic heterocycles. The Hall–Kier alpha value is -2.41. The Labute approximate surface area is 113 Å². The summed E-state index contributed by atoms with van der Waals surface area (Å²) < 4.78 is 5.20. The zero-order valence-corrected chi connectivity index (χ0v) is 10.5. The van der Waals surface area contributed by atoms with E-state index in [1.165, 1.54) is 0 Å². The highest BCUT2D eigenvalue weighted by atomic mass is 16.5. The number of amides is 1. The summed E-state index contributed by atoms with van der Waals surface area (Å²) in [6.07, 6.45) is 0.834. The van der Waals surface area contributed by atoms with E-state index in [0.29, 0.717) is 18.5 Å². The molecule has 0 radical (unpaired) electrons. The molecule has 3 rings (SSSR count). The van der Waals surface area contributed by atoms with Gasteiger partial charge in [0, 0.05) is 11.1 Å². The van der Waals surface area contributed by atoms with Gasteiger partial charge in [-0.2, -0.15) is 5.10 Å². The van der Waals surface area contributed by atoms with Crippen LogP contribution in [-0.2, 0) is 14.3 Å². The minimum absolute atomic E-state index is 0.323. The number of hydrogen-bond acceptors (Lipinski definition) is 4. The molecule has 2 heterocycles. The van der Waals surface area contributed by atoms with Gasteiger partial charge in [0.25, 0.3) is 5.91 Å². The number of aromatic amines is 1. The summed E-state index contributed by atoms with van der Waals surface area (Å²) in [5, 5.41) is 19.2. The Morgan fingerprint density at radius 1 is 1.35 bits per heavy atom. The molecule has 1 saturated heterocycles. The van der Waals surface area contributed by atoms with Crippen molar-refractivity contribution in [2.24, 2.45) is 0 Å². The Morgan fingerprint density at radius 3 is 2.90 bits per heavy atom. The van der Waals surface area contributed by atoms with E-state index in [1.54, 1.807) is 18.3 Å². The fourth-order valence-electron chi connectivity index (χ4n) is 2.25. The molecular formula is C13H13N3O4. The van der Waals surface area contributed by atoms with Crippen LogP contribution in [0.1, 0.15) is 12.8 Å². The van der Waals surface area contributed by atoms with E-state index in [1.807, 2.05) is 6.07 Å². The first-order chi connectivity index (χ1) is 9.63. The summed E-state index contributed by atoms with van der Waals surface area (Å²) in [4.78, 5) is 22.8. The molecule has 1 aromatic heterocycles. The maximum absolute atomic E-state index is 12.0. The van der Waals surface area contributed by atoms with Gasteiger partial charge in [0.05, 0.1) is 11.7 Å². The number of benzene rings is 1. The van der Waals surface area contributed by atoms with E-state index in [4.69, 9.17) is 9.84 Å². The van der Waals surface area contributed by atoms with Crippen molar-refractivity contribution >= 4 is 28.5 Å². The van der Waals surface area contributed by atoms with E-state index in [0.717, 1.165) is 10.9 Å². The molecule has 1 aromatic carbocycles. The second-order valence-corrected chi connectivity index (χ2v) is 4.69. The summed E-state index contributed by atoms with van der Waals surface area (Å²) in [7, 11) is 0. The molecule has 7 heteroatoms. The van der Waals surface area contributed by atoms with Crippen molar-refractivity contribution in [3.8, 4) is 0 Å². The summed E-state index contributed by atoms with van der Waals surface area (Å²) in [5.41, 5.74) is 1.51. The molecule has 0 aliphatic carbocycles. The minimum Gasteiger partial charge on any atom is -0.479 e. The van der Waals surface area contributed by atoms with Crippen LogP contribution >= 0.6 is 0 Å². The first-order valence-corrected chi connectivity index (χ1v) is 6.26. The second kappa shape index (κ2) is 4.93. The van der Waals surface area contributed by atoms with Crippen molar-refractivity contribution < 1.29 is 19.4 Å². The lowest BCUT2D eigenvalue weighted by molar-refractivity contribution is -0.150. The molecule has 1 amide bonds.